The third kappa shape index (κ3) is 5.93. The summed E-state index contributed by atoms with van der Waals surface area (Å²) < 4.78 is 9.06. The summed E-state index contributed by atoms with van der Waals surface area (Å²) in [5.41, 5.74) is 9.31. The minimum absolute atomic E-state index is 0.290. The molecule has 5 nitrogen and oxygen atoms in total. The highest BCUT2D eigenvalue weighted by molar-refractivity contribution is 9.10. The molecule has 4 aromatic carbocycles. The van der Waals surface area contributed by atoms with Gasteiger partial charge in [-0.3, -0.25) is 4.79 Å². The van der Waals surface area contributed by atoms with Crippen molar-refractivity contribution in [2.75, 3.05) is 0 Å². The van der Waals surface area contributed by atoms with Crippen molar-refractivity contribution in [2.24, 2.45) is 5.10 Å². The number of halogens is 1. The van der Waals surface area contributed by atoms with Crippen molar-refractivity contribution in [3.63, 3.8) is 0 Å². The fourth-order valence-corrected chi connectivity index (χ4v) is 4.57. The number of aryl methyl sites for hydroxylation is 1. The summed E-state index contributed by atoms with van der Waals surface area (Å²) in [4.78, 5) is 12.8. The Morgan fingerprint density at radius 2 is 1.61 bits per heavy atom. The first kappa shape index (κ1) is 25.2. The van der Waals surface area contributed by atoms with Gasteiger partial charge in [-0.2, -0.15) is 5.10 Å². The van der Waals surface area contributed by atoms with E-state index in [0.717, 1.165) is 38.2 Å². The van der Waals surface area contributed by atoms with E-state index < -0.39 is 0 Å². The van der Waals surface area contributed by atoms with E-state index in [1.807, 2.05) is 91.0 Å². The standard InChI is InChI=1S/C32H26BrN3O2/c1-23-12-18-30(25-10-6-3-7-11-25)36(23)29-16-13-26(14-17-29)32(37)35-34-21-27-20-28(33)15-19-31(27)38-22-24-8-4-2-5-9-24/h2-21H,22H2,1H3,(H,35,37)/b34-21+. The fourth-order valence-electron chi connectivity index (χ4n) is 4.19. The number of benzene rings is 4. The van der Waals surface area contributed by atoms with Crippen LogP contribution in [0.15, 0.2) is 125 Å². The average molecular weight is 564 g/mol. The highest BCUT2D eigenvalue weighted by Crippen LogP contribution is 2.27. The molecule has 0 unspecified atom stereocenters. The highest BCUT2D eigenvalue weighted by atomic mass is 79.9. The first-order valence-corrected chi connectivity index (χ1v) is 13.0. The van der Waals surface area contributed by atoms with Crippen molar-refractivity contribution >= 4 is 28.1 Å². The van der Waals surface area contributed by atoms with Crippen molar-refractivity contribution < 1.29 is 9.53 Å². The van der Waals surface area contributed by atoms with E-state index in [1.165, 1.54) is 0 Å². The number of aromatic nitrogens is 1. The molecule has 0 aliphatic carbocycles. The summed E-state index contributed by atoms with van der Waals surface area (Å²) in [5, 5.41) is 4.18. The van der Waals surface area contributed by atoms with E-state index in [4.69, 9.17) is 4.74 Å². The Labute approximate surface area is 230 Å². The number of hydrazone groups is 1. The van der Waals surface area contributed by atoms with E-state index in [9.17, 15) is 4.79 Å². The molecule has 0 fully saturated rings. The van der Waals surface area contributed by atoms with Gasteiger partial charge in [0.15, 0.2) is 0 Å². The van der Waals surface area contributed by atoms with Gasteiger partial charge in [-0.1, -0.05) is 76.6 Å². The van der Waals surface area contributed by atoms with Gasteiger partial charge in [-0.05, 0) is 72.6 Å². The van der Waals surface area contributed by atoms with Crippen LogP contribution >= 0.6 is 15.9 Å². The topological polar surface area (TPSA) is 55.6 Å². The Bertz CT molecular complexity index is 1560. The molecular weight excluding hydrogens is 538 g/mol. The first-order valence-electron chi connectivity index (χ1n) is 12.2. The molecule has 1 amide bonds. The molecular formula is C32H26BrN3O2. The van der Waals surface area contributed by atoms with Crippen molar-refractivity contribution in [3.05, 3.63) is 142 Å². The maximum absolute atomic E-state index is 12.8. The lowest BCUT2D eigenvalue weighted by Crippen LogP contribution is -2.17. The first-order chi connectivity index (χ1) is 18.6. The highest BCUT2D eigenvalue weighted by Gasteiger charge is 2.11. The molecule has 0 aliphatic heterocycles. The van der Waals surface area contributed by atoms with Gasteiger partial charge in [0.25, 0.3) is 5.91 Å². The van der Waals surface area contributed by atoms with Gasteiger partial charge in [-0.15, -0.1) is 0 Å². The molecule has 5 rings (SSSR count). The number of ether oxygens (including phenoxy) is 1. The van der Waals surface area contributed by atoms with Gasteiger partial charge in [0.05, 0.1) is 11.9 Å². The fraction of sp³-hybridized carbons (Fsp3) is 0.0625. The molecule has 38 heavy (non-hydrogen) atoms. The quantitative estimate of drug-likeness (QED) is 0.156. The number of carbonyl (C=O) groups is 1. The number of nitrogens with zero attached hydrogens (tertiary/aromatic N) is 2. The summed E-state index contributed by atoms with van der Waals surface area (Å²) in [6, 6.07) is 37.6. The van der Waals surface area contributed by atoms with Crippen molar-refractivity contribution in [1.29, 1.82) is 0 Å². The average Bonchev–Trinajstić information content (AvgIpc) is 3.35. The van der Waals surface area contributed by atoms with Gasteiger partial charge in [0.2, 0.25) is 0 Å². The van der Waals surface area contributed by atoms with Gasteiger partial charge in [-0.25, -0.2) is 5.43 Å². The molecule has 0 atom stereocenters. The monoisotopic (exact) mass is 563 g/mol. The van der Waals surface area contributed by atoms with E-state index >= 15 is 0 Å². The molecule has 0 aliphatic rings. The zero-order chi connectivity index (χ0) is 26.3. The maximum Gasteiger partial charge on any atom is 0.271 e. The van der Waals surface area contributed by atoms with Crippen LogP contribution in [0, 0.1) is 6.92 Å². The third-order valence-corrected chi connectivity index (χ3v) is 6.61. The van der Waals surface area contributed by atoms with Gasteiger partial charge in [0.1, 0.15) is 12.4 Å². The van der Waals surface area contributed by atoms with E-state index in [-0.39, 0.29) is 5.91 Å². The predicted octanol–water partition coefficient (Wildman–Crippen LogP) is 7.56. The van der Waals surface area contributed by atoms with Crippen molar-refractivity contribution in [1.82, 2.24) is 9.99 Å². The minimum Gasteiger partial charge on any atom is -0.488 e. The van der Waals surface area contributed by atoms with Crippen molar-refractivity contribution in [3.8, 4) is 22.7 Å². The summed E-state index contributed by atoms with van der Waals surface area (Å²) >= 11 is 3.49. The second-order valence-electron chi connectivity index (χ2n) is 8.76. The molecule has 188 valence electrons. The molecule has 0 saturated heterocycles. The Balaban J connectivity index is 1.27. The molecule has 0 spiro atoms. The molecule has 5 aromatic rings. The van der Waals surface area contributed by atoms with Crippen LogP contribution in [0.4, 0.5) is 0 Å². The second kappa shape index (κ2) is 11.8. The zero-order valence-corrected chi connectivity index (χ0v) is 22.4. The summed E-state index contributed by atoms with van der Waals surface area (Å²) in [6.07, 6.45) is 1.59. The smallest absolute Gasteiger partial charge is 0.271 e. The zero-order valence-electron chi connectivity index (χ0n) is 20.8. The van der Waals surface area contributed by atoms with Crippen LogP contribution in [0.3, 0.4) is 0 Å². The second-order valence-corrected chi connectivity index (χ2v) is 9.68. The number of amides is 1. The Kier molecular flexibility index (Phi) is 7.81. The summed E-state index contributed by atoms with van der Waals surface area (Å²) in [6.45, 7) is 2.51. The largest absolute Gasteiger partial charge is 0.488 e. The van der Waals surface area contributed by atoms with E-state index in [0.29, 0.717) is 17.9 Å². The number of hydrogen-bond donors (Lipinski definition) is 1. The Hall–Kier alpha value is -4.42. The Morgan fingerprint density at radius 3 is 2.34 bits per heavy atom. The number of nitrogens with one attached hydrogen (secondary N) is 1. The number of carbonyl (C=O) groups excluding carboxylic acids is 1. The molecule has 6 heteroatoms. The van der Waals surface area contributed by atoms with Crippen LogP contribution < -0.4 is 10.2 Å². The van der Waals surface area contributed by atoms with Crippen LogP contribution in [0.25, 0.3) is 16.9 Å². The van der Waals surface area contributed by atoms with Crippen LogP contribution in [-0.2, 0) is 6.61 Å². The van der Waals surface area contributed by atoms with Crippen molar-refractivity contribution in [2.45, 2.75) is 13.5 Å². The van der Waals surface area contributed by atoms with Crippen LogP contribution in [0.1, 0.15) is 27.2 Å². The molecule has 1 heterocycles. The van der Waals surface area contributed by atoms with E-state index in [2.05, 4.69) is 62.2 Å². The number of hydrogen-bond acceptors (Lipinski definition) is 3. The summed E-state index contributed by atoms with van der Waals surface area (Å²) in [5.74, 6) is 0.387. The lowest BCUT2D eigenvalue weighted by Gasteiger charge is -2.13. The third-order valence-electron chi connectivity index (χ3n) is 6.11. The molecule has 0 radical (unpaired) electrons. The van der Waals surface area contributed by atoms with Crippen LogP contribution in [-0.4, -0.2) is 16.7 Å². The van der Waals surface area contributed by atoms with Crippen LogP contribution in [0.2, 0.25) is 0 Å². The molecule has 1 N–H and O–H groups in total. The Morgan fingerprint density at radius 1 is 0.895 bits per heavy atom. The van der Waals surface area contributed by atoms with Gasteiger partial charge < -0.3 is 9.30 Å². The van der Waals surface area contributed by atoms with Gasteiger partial charge >= 0.3 is 0 Å². The predicted molar refractivity (Wildman–Crippen MR) is 156 cm³/mol. The molecule has 0 bridgehead atoms. The molecule has 0 saturated carbocycles. The van der Waals surface area contributed by atoms with Crippen LogP contribution in [0.5, 0.6) is 5.75 Å². The maximum atomic E-state index is 12.8. The lowest BCUT2D eigenvalue weighted by atomic mass is 10.1. The number of rotatable bonds is 8. The van der Waals surface area contributed by atoms with E-state index in [1.54, 1.807) is 6.21 Å². The lowest BCUT2D eigenvalue weighted by molar-refractivity contribution is 0.0955. The SMILES string of the molecule is Cc1ccc(-c2ccccc2)n1-c1ccc(C(=O)N/N=C/c2cc(Br)ccc2OCc2ccccc2)cc1. The normalized spacial score (nSPS) is 11.0. The van der Waals surface area contributed by atoms with Gasteiger partial charge in [0, 0.05) is 27.0 Å². The summed E-state index contributed by atoms with van der Waals surface area (Å²) in [7, 11) is 0. The minimum atomic E-state index is -0.290. The molecule has 1 aromatic heterocycles.